The first-order chi connectivity index (χ1) is 14.3. The molecule has 2 heterocycles. The molecule has 0 saturated carbocycles. The number of anilines is 1. The molecular weight excluding hydrogens is 424 g/mol. The predicted molar refractivity (Wildman–Crippen MR) is 122 cm³/mol. The lowest BCUT2D eigenvalue weighted by Gasteiger charge is -2.20. The van der Waals surface area contributed by atoms with Crippen LogP contribution >= 0.6 is 22.7 Å². The number of hydrogen-bond acceptors (Lipinski definition) is 8. The monoisotopic (exact) mass is 446 g/mol. The molecule has 2 aromatic heterocycles. The normalized spacial score (nSPS) is 11.5. The molecule has 1 aromatic carbocycles. The van der Waals surface area contributed by atoms with Crippen LogP contribution in [0.5, 0.6) is 5.75 Å². The van der Waals surface area contributed by atoms with Crippen LogP contribution < -0.4 is 9.64 Å². The predicted octanol–water partition coefficient (Wildman–Crippen LogP) is 4.19. The zero-order chi connectivity index (χ0) is 21.8. The van der Waals surface area contributed by atoms with Gasteiger partial charge in [0.1, 0.15) is 11.3 Å². The van der Waals surface area contributed by atoms with Crippen LogP contribution in [0.15, 0.2) is 30.3 Å². The summed E-state index contributed by atoms with van der Waals surface area (Å²) in [6.45, 7) is 3.12. The molecule has 30 heavy (non-hydrogen) atoms. The number of rotatable bonds is 8. The van der Waals surface area contributed by atoms with Crippen molar-refractivity contribution in [2.24, 2.45) is 0 Å². The Hall–Kier alpha value is -2.82. The summed E-state index contributed by atoms with van der Waals surface area (Å²) in [5.74, 6) is 0.433. The molecule has 0 bridgehead atoms. The third kappa shape index (κ3) is 4.84. The number of nitrogens with zero attached hydrogens (tertiary/aromatic N) is 4. The highest BCUT2D eigenvalue weighted by molar-refractivity contribution is 7.22. The second-order valence-corrected chi connectivity index (χ2v) is 8.89. The molecule has 0 aliphatic heterocycles. The van der Waals surface area contributed by atoms with E-state index in [1.54, 1.807) is 24.2 Å². The van der Waals surface area contributed by atoms with E-state index in [0.29, 0.717) is 28.8 Å². The Labute approximate surface area is 182 Å². The molecule has 0 radical (unpaired) electrons. The number of benzene rings is 1. The van der Waals surface area contributed by atoms with Gasteiger partial charge in [0.25, 0.3) is 5.91 Å². The highest BCUT2D eigenvalue weighted by Crippen LogP contribution is 2.36. The van der Waals surface area contributed by atoms with E-state index in [1.807, 2.05) is 38.1 Å². The number of thiazole rings is 1. The summed E-state index contributed by atoms with van der Waals surface area (Å²) in [5.41, 5.74) is 1.80. The first-order valence-electron chi connectivity index (χ1n) is 9.13. The first kappa shape index (κ1) is 21.9. The second-order valence-electron chi connectivity index (χ2n) is 6.82. The van der Waals surface area contributed by atoms with Crippen molar-refractivity contribution in [3.63, 3.8) is 0 Å². The Morgan fingerprint density at radius 3 is 2.63 bits per heavy atom. The number of fused-ring (bicyclic) bond motifs is 1. The highest BCUT2D eigenvalue weighted by atomic mass is 32.1. The number of hydrogen-bond donors (Lipinski definition) is 0. The molecule has 0 atom stereocenters. The van der Waals surface area contributed by atoms with E-state index in [2.05, 4.69) is 4.98 Å². The van der Waals surface area contributed by atoms with E-state index in [0.717, 1.165) is 27.1 Å². The van der Waals surface area contributed by atoms with Gasteiger partial charge in [0.15, 0.2) is 5.13 Å². The Bertz CT molecular complexity index is 1100. The van der Waals surface area contributed by atoms with Crippen LogP contribution in [-0.2, 0) is 4.79 Å². The molecule has 3 rings (SSSR count). The van der Waals surface area contributed by atoms with Gasteiger partial charge in [0, 0.05) is 30.1 Å². The van der Waals surface area contributed by atoms with Gasteiger partial charge in [-0.2, -0.15) is 0 Å². The molecule has 0 spiro atoms. The fourth-order valence-electron chi connectivity index (χ4n) is 2.75. The SMILES string of the molecule is COc1ccc(C)c2sc(N(CCN(C)C)C(=O)C=Cc3ccc([N+](=O)[O-])s3)nc12. The van der Waals surface area contributed by atoms with Crippen molar-refractivity contribution >= 4 is 55.0 Å². The van der Waals surface area contributed by atoms with Gasteiger partial charge < -0.3 is 9.64 Å². The lowest BCUT2D eigenvalue weighted by Crippen LogP contribution is -2.35. The molecule has 0 unspecified atom stereocenters. The van der Waals surface area contributed by atoms with Crippen LogP contribution in [-0.4, -0.2) is 55.0 Å². The molecule has 1 amide bonds. The number of thiophene rings is 1. The van der Waals surface area contributed by atoms with Crippen LogP contribution in [0.4, 0.5) is 10.1 Å². The van der Waals surface area contributed by atoms with Crippen LogP contribution in [0.25, 0.3) is 16.3 Å². The highest BCUT2D eigenvalue weighted by Gasteiger charge is 2.20. The standard InChI is InChI=1S/C20H22N4O4S2/c1-13-5-8-15(28-4)18-19(13)30-20(21-18)23(12-11-22(2)3)16(25)9-6-14-7-10-17(29-14)24(26)27/h5-10H,11-12H2,1-4H3. The van der Waals surface area contributed by atoms with E-state index >= 15 is 0 Å². The smallest absolute Gasteiger partial charge is 0.324 e. The molecule has 0 aliphatic rings. The maximum atomic E-state index is 13.0. The number of ether oxygens (including phenoxy) is 1. The zero-order valence-electron chi connectivity index (χ0n) is 17.1. The van der Waals surface area contributed by atoms with Crippen LogP contribution in [0, 0.1) is 17.0 Å². The fraction of sp³-hybridized carbons (Fsp3) is 0.300. The third-order valence-electron chi connectivity index (χ3n) is 4.36. The van der Waals surface area contributed by atoms with Gasteiger partial charge in [-0.3, -0.25) is 19.8 Å². The lowest BCUT2D eigenvalue weighted by molar-refractivity contribution is -0.380. The summed E-state index contributed by atoms with van der Waals surface area (Å²) in [7, 11) is 5.48. The summed E-state index contributed by atoms with van der Waals surface area (Å²) in [5, 5.41) is 11.5. The number of likely N-dealkylation sites (N-methyl/N-ethyl adjacent to an activating group) is 1. The molecule has 0 N–H and O–H groups in total. The lowest BCUT2D eigenvalue weighted by atomic mass is 10.2. The Kier molecular flexibility index (Phi) is 6.80. The first-order valence-corrected chi connectivity index (χ1v) is 10.8. The number of carbonyl (C=O) groups is 1. The van der Waals surface area contributed by atoms with Crippen LogP contribution in [0.2, 0.25) is 0 Å². The number of carbonyl (C=O) groups excluding carboxylic acids is 1. The van der Waals surface area contributed by atoms with Gasteiger partial charge in [0.2, 0.25) is 0 Å². The van der Waals surface area contributed by atoms with Gasteiger partial charge >= 0.3 is 5.00 Å². The van der Waals surface area contributed by atoms with Gasteiger partial charge in [-0.15, -0.1) is 0 Å². The number of methoxy groups -OCH3 is 1. The van der Waals surface area contributed by atoms with E-state index < -0.39 is 4.92 Å². The topological polar surface area (TPSA) is 88.8 Å². The van der Waals surface area contributed by atoms with Crippen molar-refractivity contribution in [2.75, 3.05) is 39.2 Å². The Morgan fingerprint density at radius 1 is 1.23 bits per heavy atom. The molecule has 3 aromatic rings. The van der Waals surface area contributed by atoms with E-state index in [-0.39, 0.29) is 10.9 Å². The summed E-state index contributed by atoms with van der Waals surface area (Å²) >= 11 is 2.47. The van der Waals surface area contributed by atoms with E-state index in [1.165, 1.54) is 23.5 Å². The van der Waals surface area contributed by atoms with Crippen molar-refractivity contribution in [3.8, 4) is 5.75 Å². The fourth-order valence-corrected chi connectivity index (χ4v) is 4.56. The quantitative estimate of drug-likeness (QED) is 0.293. The average molecular weight is 447 g/mol. The van der Waals surface area contributed by atoms with Crippen LogP contribution in [0.3, 0.4) is 0 Å². The number of aryl methyl sites for hydroxylation is 1. The molecule has 0 aliphatic carbocycles. The summed E-state index contributed by atoms with van der Waals surface area (Å²) < 4.78 is 6.40. The number of amides is 1. The minimum atomic E-state index is -0.440. The van der Waals surface area contributed by atoms with Crippen molar-refractivity contribution in [3.05, 3.63) is 50.9 Å². The largest absolute Gasteiger partial charge is 0.494 e. The minimum Gasteiger partial charge on any atom is -0.494 e. The summed E-state index contributed by atoms with van der Waals surface area (Å²) in [6.07, 6.45) is 3.03. The van der Waals surface area contributed by atoms with Crippen molar-refractivity contribution in [1.82, 2.24) is 9.88 Å². The van der Waals surface area contributed by atoms with Gasteiger partial charge in [-0.1, -0.05) is 28.7 Å². The van der Waals surface area contributed by atoms with Crippen molar-refractivity contribution < 1.29 is 14.5 Å². The van der Waals surface area contributed by atoms with Gasteiger partial charge in [-0.05, 0) is 44.8 Å². The maximum absolute atomic E-state index is 13.0. The average Bonchev–Trinajstić information content (AvgIpc) is 3.35. The van der Waals surface area contributed by atoms with Gasteiger partial charge in [-0.25, -0.2) is 4.98 Å². The van der Waals surface area contributed by atoms with Gasteiger partial charge in [0.05, 0.1) is 16.7 Å². The molecule has 158 valence electrons. The Morgan fingerprint density at radius 2 is 2.00 bits per heavy atom. The third-order valence-corrected chi connectivity index (χ3v) is 6.58. The number of aromatic nitrogens is 1. The molecule has 10 heteroatoms. The van der Waals surface area contributed by atoms with Crippen LogP contribution in [0.1, 0.15) is 10.4 Å². The molecule has 0 saturated heterocycles. The second kappa shape index (κ2) is 9.33. The maximum Gasteiger partial charge on any atom is 0.324 e. The molecular formula is C20H22N4O4S2. The van der Waals surface area contributed by atoms with E-state index in [4.69, 9.17) is 4.74 Å². The molecule has 0 fully saturated rings. The zero-order valence-corrected chi connectivity index (χ0v) is 18.7. The summed E-state index contributed by atoms with van der Waals surface area (Å²) in [4.78, 5) is 32.4. The number of nitro groups is 1. The summed E-state index contributed by atoms with van der Waals surface area (Å²) in [6, 6.07) is 6.90. The van der Waals surface area contributed by atoms with E-state index in [9.17, 15) is 14.9 Å². The Balaban J connectivity index is 1.93. The van der Waals surface area contributed by atoms with Crippen molar-refractivity contribution in [1.29, 1.82) is 0 Å². The molecule has 8 nitrogen and oxygen atoms in total. The minimum absolute atomic E-state index is 0.0420. The van der Waals surface area contributed by atoms with Crippen molar-refractivity contribution in [2.45, 2.75) is 6.92 Å².